The van der Waals surface area contributed by atoms with Crippen LogP contribution in [0.25, 0.3) is 6.08 Å². The number of anilines is 1. The van der Waals surface area contributed by atoms with Gasteiger partial charge in [0, 0.05) is 24.7 Å². The van der Waals surface area contributed by atoms with Gasteiger partial charge >= 0.3 is 6.36 Å². The molecule has 2 aromatic carbocycles. The van der Waals surface area contributed by atoms with Crippen molar-refractivity contribution >= 4 is 23.6 Å². The summed E-state index contributed by atoms with van der Waals surface area (Å²) >= 11 is 0. The van der Waals surface area contributed by atoms with Crippen LogP contribution in [0.3, 0.4) is 0 Å². The van der Waals surface area contributed by atoms with Crippen molar-refractivity contribution in [3.8, 4) is 5.75 Å². The van der Waals surface area contributed by atoms with Gasteiger partial charge in [0.05, 0.1) is 0 Å². The standard InChI is InChI=1S/C19H17F3N2O3/c20-19(21,22)27-16-9-7-15(8-10-16)24-18(26)12-13-23-17(25)11-6-14-4-2-1-3-5-14/h1-11H,12-13H2,(H,23,25)(H,24,26)/b11-6+. The van der Waals surface area contributed by atoms with Gasteiger partial charge in [-0.25, -0.2) is 0 Å². The number of carbonyl (C=O) groups is 2. The van der Waals surface area contributed by atoms with E-state index in [9.17, 15) is 22.8 Å². The smallest absolute Gasteiger partial charge is 0.406 e. The SMILES string of the molecule is O=C(/C=C/c1ccccc1)NCCC(=O)Nc1ccc(OC(F)(F)F)cc1. The molecule has 2 aromatic rings. The van der Waals surface area contributed by atoms with Crippen LogP contribution in [0.1, 0.15) is 12.0 Å². The van der Waals surface area contributed by atoms with Crippen molar-refractivity contribution < 1.29 is 27.5 Å². The van der Waals surface area contributed by atoms with Crippen molar-refractivity contribution in [2.75, 3.05) is 11.9 Å². The highest BCUT2D eigenvalue weighted by Gasteiger charge is 2.30. The molecule has 0 heterocycles. The molecule has 0 radical (unpaired) electrons. The molecule has 5 nitrogen and oxygen atoms in total. The van der Waals surface area contributed by atoms with Gasteiger partial charge in [-0.05, 0) is 35.9 Å². The largest absolute Gasteiger partial charge is 0.573 e. The number of ether oxygens (including phenoxy) is 1. The number of halogens is 3. The molecule has 2 amide bonds. The molecule has 0 aromatic heterocycles. The van der Waals surface area contributed by atoms with E-state index in [-0.39, 0.29) is 30.5 Å². The summed E-state index contributed by atoms with van der Waals surface area (Å²) in [7, 11) is 0. The highest BCUT2D eigenvalue weighted by molar-refractivity contribution is 5.93. The number of rotatable bonds is 7. The average Bonchev–Trinajstić information content (AvgIpc) is 2.61. The summed E-state index contributed by atoms with van der Waals surface area (Å²) < 4.78 is 40.0. The lowest BCUT2D eigenvalue weighted by molar-refractivity contribution is -0.274. The first-order valence-corrected chi connectivity index (χ1v) is 7.98. The molecule has 0 unspecified atom stereocenters. The summed E-state index contributed by atoms with van der Waals surface area (Å²) in [6.07, 6.45) is -1.73. The van der Waals surface area contributed by atoms with Crippen LogP contribution < -0.4 is 15.4 Å². The van der Waals surface area contributed by atoms with Gasteiger partial charge in [0.1, 0.15) is 5.75 Å². The second-order valence-electron chi connectivity index (χ2n) is 5.41. The van der Waals surface area contributed by atoms with E-state index in [2.05, 4.69) is 15.4 Å². The fourth-order valence-corrected chi connectivity index (χ4v) is 2.06. The number of hydrogen-bond donors (Lipinski definition) is 2. The van der Waals surface area contributed by atoms with Crippen molar-refractivity contribution in [1.82, 2.24) is 5.32 Å². The van der Waals surface area contributed by atoms with Gasteiger partial charge in [-0.2, -0.15) is 0 Å². The lowest BCUT2D eigenvalue weighted by Crippen LogP contribution is -2.26. The molecule has 0 bridgehead atoms. The molecule has 0 fully saturated rings. The molecule has 0 saturated carbocycles. The topological polar surface area (TPSA) is 67.4 Å². The fourth-order valence-electron chi connectivity index (χ4n) is 2.06. The Morgan fingerprint density at radius 2 is 1.67 bits per heavy atom. The summed E-state index contributed by atoms with van der Waals surface area (Å²) in [5.41, 5.74) is 1.20. The minimum absolute atomic E-state index is 0.0196. The summed E-state index contributed by atoms with van der Waals surface area (Å²) in [4.78, 5) is 23.5. The van der Waals surface area contributed by atoms with Gasteiger partial charge in [-0.1, -0.05) is 30.3 Å². The van der Waals surface area contributed by atoms with Crippen molar-refractivity contribution in [1.29, 1.82) is 0 Å². The number of alkyl halides is 3. The first kappa shape index (κ1) is 20.0. The van der Waals surface area contributed by atoms with Crippen molar-refractivity contribution in [3.63, 3.8) is 0 Å². The van der Waals surface area contributed by atoms with E-state index in [1.165, 1.54) is 18.2 Å². The van der Waals surface area contributed by atoms with E-state index in [0.29, 0.717) is 5.69 Å². The lowest BCUT2D eigenvalue weighted by Gasteiger charge is -2.10. The molecule has 0 saturated heterocycles. The quantitative estimate of drug-likeness (QED) is 0.722. The predicted octanol–water partition coefficient (Wildman–Crippen LogP) is 3.74. The number of benzene rings is 2. The molecule has 2 N–H and O–H groups in total. The number of nitrogens with one attached hydrogen (secondary N) is 2. The van der Waals surface area contributed by atoms with E-state index in [1.807, 2.05) is 30.3 Å². The van der Waals surface area contributed by atoms with Crippen LogP contribution in [-0.4, -0.2) is 24.7 Å². The first-order valence-electron chi connectivity index (χ1n) is 7.98. The van der Waals surface area contributed by atoms with Crippen molar-refractivity contribution in [2.24, 2.45) is 0 Å². The normalized spacial score (nSPS) is 11.2. The van der Waals surface area contributed by atoms with Crippen molar-refractivity contribution in [3.05, 3.63) is 66.2 Å². The van der Waals surface area contributed by atoms with Crippen LogP contribution in [0.2, 0.25) is 0 Å². The van der Waals surface area contributed by atoms with Crippen LogP contribution in [0, 0.1) is 0 Å². The van der Waals surface area contributed by atoms with Gasteiger partial charge in [-0.3, -0.25) is 9.59 Å². The van der Waals surface area contributed by atoms with Crippen molar-refractivity contribution in [2.45, 2.75) is 12.8 Å². The van der Waals surface area contributed by atoms with Crippen LogP contribution >= 0.6 is 0 Å². The van der Waals surface area contributed by atoms with Gasteiger partial charge < -0.3 is 15.4 Å². The summed E-state index contributed by atoms with van der Waals surface area (Å²) in [6, 6.07) is 14.0. The molecule has 27 heavy (non-hydrogen) atoms. The Kier molecular flexibility index (Phi) is 6.99. The van der Waals surface area contributed by atoms with E-state index < -0.39 is 6.36 Å². The zero-order valence-electron chi connectivity index (χ0n) is 14.1. The van der Waals surface area contributed by atoms with E-state index >= 15 is 0 Å². The maximum Gasteiger partial charge on any atom is 0.573 e. The molecule has 0 aliphatic heterocycles. The zero-order valence-corrected chi connectivity index (χ0v) is 14.1. The number of amides is 2. The third-order valence-electron chi connectivity index (χ3n) is 3.25. The van der Waals surface area contributed by atoms with Gasteiger partial charge in [0.15, 0.2) is 0 Å². The van der Waals surface area contributed by atoms with Crippen LogP contribution in [0.15, 0.2) is 60.7 Å². The second kappa shape index (κ2) is 9.42. The van der Waals surface area contributed by atoms with Crippen LogP contribution in [0.4, 0.5) is 18.9 Å². The Labute approximate surface area is 153 Å². The van der Waals surface area contributed by atoms with Gasteiger partial charge in [0.2, 0.25) is 11.8 Å². The summed E-state index contributed by atoms with van der Waals surface area (Å²) in [5, 5.41) is 5.09. The summed E-state index contributed by atoms with van der Waals surface area (Å²) in [5.74, 6) is -1.09. The first-order chi connectivity index (χ1) is 12.8. The van der Waals surface area contributed by atoms with E-state index in [4.69, 9.17) is 0 Å². The Hall–Kier alpha value is -3.29. The minimum Gasteiger partial charge on any atom is -0.406 e. The molecule has 0 spiro atoms. The third-order valence-corrected chi connectivity index (χ3v) is 3.25. The number of hydrogen-bond acceptors (Lipinski definition) is 3. The highest BCUT2D eigenvalue weighted by Crippen LogP contribution is 2.23. The molecular formula is C19H17F3N2O3. The van der Waals surface area contributed by atoms with Crippen LogP contribution in [0.5, 0.6) is 5.75 Å². The monoisotopic (exact) mass is 378 g/mol. The van der Waals surface area contributed by atoms with E-state index in [0.717, 1.165) is 17.7 Å². The lowest BCUT2D eigenvalue weighted by atomic mass is 10.2. The molecule has 0 aliphatic rings. The minimum atomic E-state index is -4.77. The maximum atomic E-state index is 12.1. The molecule has 2 rings (SSSR count). The molecule has 142 valence electrons. The molecule has 0 aliphatic carbocycles. The Balaban J connectivity index is 1.71. The molecule has 0 atom stereocenters. The van der Waals surface area contributed by atoms with E-state index in [1.54, 1.807) is 6.08 Å². The molecular weight excluding hydrogens is 361 g/mol. The third kappa shape index (κ3) is 8.08. The number of carbonyl (C=O) groups excluding carboxylic acids is 2. The Morgan fingerprint density at radius 3 is 2.30 bits per heavy atom. The average molecular weight is 378 g/mol. The summed E-state index contributed by atoms with van der Waals surface area (Å²) in [6.45, 7) is 0.124. The van der Waals surface area contributed by atoms with Gasteiger partial charge in [0.25, 0.3) is 0 Å². The zero-order chi connectivity index (χ0) is 19.7. The fraction of sp³-hybridized carbons (Fsp3) is 0.158. The second-order valence-corrected chi connectivity index (χ2v) is 5.41. The highest BCUT2D eigenvalue weighted by atomic mass is 19.4. The Morgan fingerprint density at radius 1 is 1.00 bits per heavy atom. The Bertz CT molecular complexity index is 788. The van der Waals surface area contributed by atoms with Gasteiger partial charge in [-0.15, -0.1) is 13.2 Å². The maximum absolute atomic E-state index is 12.1. The molecule has 8 heteroatoms. The predicted molar refractivity (Wildman–Crippen MR) is 94.9 cm³/mol. The van der Waals surface area contributed by atoms with Crippen LogP contribution in [-0.2, 0) is 9.59 Å².